The number of carbonyl (C=O) groups is 3. The molecule has 2 aromatic carbocycles. The summed E-state index contributed by atoms with van der Waals surface area (Å²) in [7, 11) is 0. The van der Waals surface area contributed by atoms with E-state index in [1.54, 1.807) is 54.6 Å². The second-order valence-corrected chi connectivity index (χ2v) is 5.37. The average molecular weight is 343 g/mol. The van der Waals surface area contributed by atoms with Crippen molar-refractivity contribution in [2.45, 2.75) is 19.1 Å². The Hall–Kier alpha value is -3.02. The van der Waals surface area contributed by atoms with Crippen LogP contribution in [-0.2, 0) is 27.4 Å². The molecule has 0 saturated heterocycles. The maximum Gasteiger partial charge on any atom is 0.408 e. The third kappa shape index (κ3) is 5.84. The molecule has 1 amide bonds. The summed E-state index contributed by atoms with van der Waals surface area (Å²) in [5.74, 6) is -2.16. The van der Waals surface area contributed by atoms with E-state index in [1.165, 1.54) is 0 Å². The van der Waals surface area contributed by atoms with Gasteiger partial charge in [-0.3, -0.25) is 9.59 Å². The van der Waals surface area contributed by atoms with Crippen molar-refractivity contribution in [3.8, 4) is 0 Å². The summed E-state index contributed by atoms with van der Waals surface area (Å²) in [6, 6.07) is 16.7. The molecule has 25 heavy (non-hydrogen) atoms. The van der Waals surface area contributed by atoms with Gasteiger partial charge in [0, 0.05) is 6.42 Å². The molecule has 5 nitrogen and oxygen atoms in total. The monoisotopic (exact) mass is 343 g/mol. The number of rotatable bonds is 8. The number of ether oxygens (including phenoxy) is 1. The number of carbonyl (C=O) groups excluding carboxylic acids is 3. The first-order valence-corrected chi connectivity index (χ1v) is 7.74. The van der Waals surface area contributed by atoms with E-state index in [4.69, 9.17) is 4.74 Å². The fourth-order valence-electron chi connectivity index (χ4n) is 2.23. The van der Waals surface area contributed by atoms with Gasteiger partial charge in [-0.25, -0.2) is 9.18 Å². The Morgan fingerprint density at radius 3 is 2.04 bits per heavy atom. The molecule has 2 aromatic rings. The van der Waals surface area contributed by atoms with Crippen LogP contribution in [0.2, 0.25) is 0 Å². The third-order valence-corrected chi connectivity index (χ3v) is 3.50. The van der Waals surface area contributed by atoms with Crippen LogP contribution in [0.15, 0.2) is 60.7 Å². The molecule has 0 aliphatic heterocycles. The van der Waals surface area contributed by atoms with E-state index in [2.05, 4.69) is 5.32 Å². The van der Waals surface area contributed by atoms with E-state index in [0.717, 1.165) is 11.1 Å². The van der Waals surface area contributed by atoms with Crippen LogP contribution in [0.25, 0.3) is 0 Å². The molecular formula is C19H18FNO4. The Morgan fingerprint density at radius 2 is 1.48 bits per heavy atom. The fraction of sp³-hybridized carbons (Fsp3) is 0.211. The standard InChI is InChI=1S/C19H18FNO4/c20-12-17(22)18(23)16(11-14-7-3-1-4-8-14)21-19(24)25-13-15-9-5-2-6-10-15/h1-10,16H,11-13H2,(H,21,24)/t16-/m0/s1. The van der Waals surface area contributed by atoms with Gasteiger partial charge in [-0.15, -0.1) is 0 Å². The lowest BCUT2D eigenvalue weighted by molar-refractivity contribution is -0.138. The van der Waals surface area contributed by atoms with Crippen LogP contribution < -0.4 is 5.32 Å². The molecule has 0 aliphatic rings. The minimum absolute atomic E-state index is 0.0238. The van der Waals surface area contributed by atoms with E-state index < -0.39 is 30.4 Å². The van der Waals surface area contributed by atoms with Gasteiger partial charge in [0.15, 0.2) is 6.67 Å². The number of hydrogen-bond donors (Lipinski definition) is 1. The molecule has 1 N–H and O–H groups in total. The minimum atomic E-state index is -1.40. The predicted molar refractivity (Wildman–Crippen MR) is 89.7 cm³/mol. The molecule has 0 fully saturated rings. The number of ketones is 2. The number of hydrogen-bond acceptors (Lipinski definition) is 4. The van der Waals surface area contributed by atoms with Crippen LogP contribution >= 0.6 is 0 Å². The zero-order valence-electron chi connectivity index (χ0n) is 13.5. The van der Waals surface area contributed by atoms with E-state index in [0.29, 0.717) is 0 Å². The Balaban J connectivity index is 2.00. The molecule has 130 valence electrons. The Morgan fingerprint density at radius 1 is 0.920 bits per heavy atom. The van der Waals surface area contributed by atoms with Crippen LogP contribution in [0.5, 0.6) is 0 Å². The van der Waals surface area contributed by atoms with Crippen molar-refractivity contribution in [3.63, 3.8) is 0 Å². The molecule has 0 aromatic heterocycles. The van der Waals surface area contributed by atoms with Crippen molar-refractivity contribution < 1.29 is 23.5 Å². The molecule has 0 bridgehead atoms. The number of alkyl carbamates (subject to hydrolysis) is 1. The minimum Gasteiger partial charge on any atom is -0.445 e. The Kier molecular flexibility index (Phi) is 6.83. The largest absolute Gasteiger partial charge is 0.445 e. The molecule has 0 heterocycles. The van der Waals surface area contributed by atoms with E-state index >= 15 is 0 Å². The zero-order chi connectivity index (χ0) is 18.1. The summed E-state index contributed by atoms with van der Waals surface area (Å²) in [6.07, 6.45) is -0.768. The summed E-state index contributed by atoms with van der Waals surface area (Å²) < 4.78 is 17.6. The van der Waals surface area contributed by atoms with Crippen molar-refractivity contribution in [1.29, 1.82) is 0 Å². The molecule has 0 spiro atoms. The SMILES string of the molecule is O=C(N[C@@H](Cc1ccccc1)C(=O)C(=O)CF)OCc1ccccc1. The molecule has 0 unspecified atom stereocenters. The number of amides is 1. The molecule has 2 rings (SSSR count). The zero-order valence-corrected chi connectivity index (χ0v) is 13.5. The molecular weight excluding hydrogens is 325 g/mol. The Labute approximate surface area is 144 Å². The van der Waals surface area contributed by atoms with Crippen molar-refractivity contribution >= 4 is 17.7 Å². The summed E-state index contributed by atoms with van der Waals surface area (Å²) in [5.41, 5.74) is 1.51. The number of halogens is 1. The molecule has 0 aliphatic carbocycles. The second kappa shape index (κ2) is 9.32. The van der Waals surface area contributed by atoms with Gasteiger partial charge < -0.3 is 10.1 Å². The van der Waals surface area contributed by atoms with Crippen molar-refractivity contribution in [2.75, 3.05) is 6.67 Å². The Bertz CT molecular complexity index is 719. The predicted octanol–water partition coefficient (Wildman–Crippen LogP) is 2.63. The van der Waals surface area contributed by atoms with Crippen LogP contribution in [0, 0.1) is 0 Å². The first kappa shape index (κ1) is 18.3. The van der Waals surface area contributed by atoms with Gasteiger partial charge in [-0.1, -0.05) is 60.7 Å². The highest BCUT2D eigenvalue weighted by Crippen LogP contribution is 2.06. The summed E-state index contributed by atoms with van der Waals surface area (Å²) in [4.78, 5) is 35.4. The average Bonchev–Trinajstić information content (AvgIpc) is 2.66. The van der Waals surface area contributed by atoms with E-state index in [-0.39, 0.29) is 13.0 Å². The quantitative estimate of drug-likeness (QED) is 0.748. The van der Waals surface area contributed by atoms with Crippen molar-refractivity contribution in [2.24, 2.45) is 0 Å². The van der Waals surface area contributed by atoms with Gasteiger partial charge in [0.05, 0.1) is 0 Å². The summed E-state index contributed by atoms with van der Waals surface area (Å²) in [6.45, 7) is -1.37. The highest BCUT2D eigenvalue weighted by molar-refractivity contribution is 6.40. The smallest absolute Gasteiger partial charge is 0.408 e. The maximum atomic E-state index is 12.5. The van der Waals surface area contributed by atoms with Crippen molar-refractivity contribution in [1.82, 2.24) is 5.32 Å². The number of alkyl halides is 1. The lowest BCUT2D eigenvalue weighted by Crippen LogP contribution is -2.46. The lowest BCUT2D eigenvalue weighted by atomic mass is 10.0. The summed E-state index contributed by atoms with van der Waals surface area (Å²) >= 11 is 0. The van der Waals surface area contributed by atoms with Crippen LogP contribution in [-0.4, -0.2) is 30.4 Å². The maximum absolute atomic E-state index is 12.5. The van der Waals surface area contributed by atoms with Crippen molar-refractivity contribution in [3.05, 3.63) is 71.8 Å². The van der Waals surface area contributed by atoms with Gasteiger partial charge >= 0.3 is 6.09 Å². The van der Waals surface area contributed by atoms with Gasteiger partial charge in [-0.2, -0.15) is 0 Å². The number of Topliss-reactive ketones (excluding diaryl/α,β-unsaturated/α-hetero) is 2. The van der Waals surface area contributed by atoms with Gasteiger partial charge in [0.25, 0.3) is 0 Å². The van der Waals surface area contributed by atoms with Gasteiger partial charge in [0.1, 0.15) is 12.6 Å². The molecule has 0 saturated carbocycles. The number of nitrogens with one attached hydrogen (secondary N) is 1. The van der Waals surface area contributed by atoms with Crippen LogP contribution in [0.3, 0.4) is 0 Å². The normalized spacial score (nSPS) is 11.4. The van der Waals surface area contributed by atoms with Crippen LogP contribution in [0.1, 0.15) is 11.1 Å². The number of benzene rings is 2. The molecule has 1 atom stereocenters. The topological polar surface area (TPSA) is 72.5 Å². The first-order chi connectivity index (χ1) is 12.1. The highest BCUT2D eigenvalue weighted by Gasteiger charge is 2.27. The molecule has 6 heteroatoms. The highest BCUT2D eigenvalue weighted by atomic mass is 19.1. The lowest BCUT2D eigenvalue weighted by Gasteiger charge is -2.16. The van der Waals surface area contributed by atoms with E-state index in [9.17, 15) is 18.8 Å². The summed E-state index contributed by atoms with van der Waals surface area (Å²) in [5, 5.41) is 2.35. The van der Waals surface area contributed by atoms with E-state index in [1.807, 2.05) is 6.07 Å². The fourth-order valence-corrected chi connectivity index (χ4v) is 2.23. The van der Waals surface area contributed by atoms with Crippen LogP contribution in [0.4, 0.5) is 9.18 Å². The third-order valence-electron chi connectivity index (χ3n) is 3.50. The second-order valence-electron chi connectivity index (χ2n) is 5.37. The molecule has 0 radical (unpaired) electrons. The van der Waals surface area contributed by atoms with Gasteiger partial charge in [-0.05, 0) is 11.1 Å². The van der Waals surface area contributed by atoms with Gasteiger partial charge in [0.2, 0.25) is 11.6 Å². The first-order valence-electron chi connectivity index (χ1n) is 7.74.